The van der Waals surface area contributed by atoms with Crippen molar-refractivity contribution in [1.29, 1.82) is 0 Å². The van der Waals surface area contributed by atoms with Crippen LogP contribution in [-0.4, -0.2) is 35.9 Å². The Balaban J connectivity index is 1.56. The van der Waals surface area contributed by atoms with E-state index < -0.39 is 5.54 Å². The van der Waals surface area contributed by atoms with Crippen molar-refractivity contribution in [1.82, 2.24) is 10.6 Å². The van der Waals surface area contributed by atoms with Crippen molar-refractivity contribution < 1.29 is 9.53 Å². The number of benzene rings is 1. The second-order valence-corrected chi connectivity index (χ2v) is 8.16. The molecule has 2 N–H and O–H groups in total. The first-order valence-electron chi connectivity index (χ1n) is 8.33. The highest BCUT2D eigenvalue weighted by molar-refractivity contribution is 7.82. The van der Waals surface area contributed by atoms with Gasteiger partial charge in [-0.05, 0) is 31.9 Å². The second-order valence-electron chi connectivity index (χ2n) is 7.33. The number of fused-ring (bicyclic) bond motifs is 1. The lowest BCUT2D eigenvalue weighted by molar-refractivity contribution is -0.124. The lowest BCUT2D eigenvalue weighted by Crippen LogP contribution is -2.49. The third-order valence-electron chi connectivity index (χ3n) is 4.93. The predicted molar refractivity (Wildman–Crippen MR) is 95.1 cm³/mol. The number of ether oxygens (including phenoxy) is 1. The highest BCUT2D eigenvalue weighted by Crippen LogP contribution is 2.57. The van der Waals surface area contributed by atoms with Gasteiger partial charge >= 0.3 is 0 Å². The van der Waals surface area contributed by atoms with Crippen LogP contribution in [0.1, 0.15) is 26.3 Å². The Morgan fingerprint density at radius 2 is 2.22 bits per heavy atom. The molecule has 4 nitrogen and oxygen atoms in total. The van der Waals surface area contributed by atoms with E-state index in [1.807, 2.05) is 32.0 Å². The van der Waals surface area contributed by atoms with Gasteiger partial charge in [-0.1, -0.05) is 25.1 Å². The summed E-state index contributed by atoms with van der Waals surface area (Å²) in [7, 11) is 0. The van der Waals surface area contributed by atoms with Crippen LogP contribution in [0, 0.1) is 11.8 Å². The first kappa shape index (κ1) is 16.7. The predicted octanol–water partition coefficient (Wildman–Crippen LogP) is 2.04. The zero-order chi connectivity index (χ0) is 16.7. The Morgan fingerprint density at radius 1 is 1.48 bits per heavy atom. The molecule has 3 atom stereocenters. The van der Waals surface area contributed by atoms with Crippen LogP contribution in [0.15, 0.2) is 24.3 Å². The zero-order valence-electron chi connectivity index (χ0n) is 14.1. The zero-order valence-corrected chi connectivity index (χ0v) is 15.0. The van der Waals surface area contributed by atoms with Crippen LogP contribution in [0.3, 0.4) is 0 Å². The summed E-state index contributed by atoms with van der Waals surface area (Å²) in [6.45, 7) is 8.27. The van der Waals surface area contributed by atoms with Crippen molar-refractivity contribution in [2.45, 2.75) is 37.5 Å². The van der Waals surface area contributed by atoms with Gasteiger partial charge in [-0.2, -0.15) is 12.6 Å². The van der Waals surface area contributed by atoms with E-state index in [0.717, 1.165) is 25.3 Å². The number of aryl methyl sites for hydroxylation is 1. The normalized spacial score (nSPS) is 29.0. The van der Waals surface area contributed by atoms with Crippen LogP contribution in [-0.2, 0) is 11.2 Å². The van der Waals surface area contributed by atoms with Gasteiger partial charge < -0.3 is 15.4 Å². The smallest absolute Gasteiger partial charge is 0.225 e. The number of hydrogen-bond donors (Lipinski definition) is 3. The minimum absolute atomic E-state index is 0.0225. The van der Waals surface area contributed by atoms with E-state index in [0.29, 0.717) is 12.5 Å². The topological polar surface area (TPSA) is 50.4 Å². The van der Waals surface area contributed by atoms with E-state index in [2.05, 4.69) is 36.3 Å². The van der Waals surface area contributed by atoms with Crippen molar-refractivity contribution in [2.24, 2.45) is 11.8 Å². The van der Waals surface area contributed by atoms with Gasteiger partial charge in [0.05, 0.1) is 11.5 Å². The number of para-hydroxylation sites is 1. The molecule has 1 aromatic rings. The molecular weight excluding hydrogens is 308 g/mol. The summed E-state index contributed by atoms with van der Waals surface area (Å²) in [6.07, 6.45) is 0.932. The van der Waals surface area contributed by atoms with Crippen LogP contribution in [0.2, 0.25) is 0 Å². The van der Waals surface area contributed by atoms with Crippen molar-refractivity contribution >= 4 is 18.5 Å². The summed E-state index contributed by atoms with van der Waals surface area (Å²) in [5, 5.41) is 6.43. The average Bonchev–Trinajstić information content (AvgIpc) is 2.91. The molecule has 0 bridgehead atoms. The highest BCUT2D eigenvalue weighted by Gasteiger charge is 2.68. The van der Waals surface area contributed by atoms with Gasteiger partial charge in [0, 0.05) is 23.8 Å². The molecule has 126 valence electrons. The summed E-state index contributed by atoms with van der Waals surface area (Å²) < 4.78 is 5.82. The Bertz CT molecular complexity index is 604. The first-order chi connectivity index (χ1) is 10.9. The second kappa shape index (κ2) is 6.02. The number of rotatable bonds is 6. The summed E-state index contributed by atoms with van der Waals surface area (Å²) in [6, 6.07) is 8.05. The van der Waals surface area contributed by atoms with E-state index in [-0.39, 0.29) is 16.6 Å². The third kappa shape index (κ3) is 3.22. The summed E-state index contributed by atoms with van der Waals surface area (Å²) in [4.78, 5) is 12.5. The van der Waals surface area contributed by atoms with Crippen LogP contribution in [0.5, 0.6) is 5.75 Å². The molecule has 1 saturated carbocycles. The fraction of sp³-hybridized carbons (Fsp3) is 0.611. The fourth-order valence-electron chi connectivity index (χ4n) is 3.52. The third-order valence-corrected chi connectivity index (χ3v) is 5.70. The van der Waals surface area contributed by atoms with Crippen LogP contribution in [0.4, 0.5) is 0 Å². The Hall–Kier alpha value is -1.20. The molecule has 3 rings (SSSR count). The molecule has 23 heavy (non-hydrogen) atoms. The molecule has 0 radical (unpaired) electrons. The number of carbonyl (C=O) groups is 1. The van der Waals surface area contributed by atoms with Gasteiger partial charge in [-0.3, -0.25) is 4.79 Å². The highest BCUT2D eigenvalue weighted by atomic mass is 32.1. The monoisotopic (exact) mass is 334 g/mol. The van der Waals surface area contributed by atoms with Gasteiger partial charge in [0.25, 0.3) is 0 Å². The maximum Gasteiger partial charge on any atom is 0.225 e. The lowest BCUT2D eigenvalue weighted by atomic mass is 10.1. The van der Waals surface area contributed by atoms with Crippen molar-refractivity contribution in [2.75, 3.05) is 19.7 Å². The van der Waals surface area contributed by atoms with Crippen molar-refractivity contribution in [3.8, 4) is 5.75 Å². The number of thiol groups is 1. The molecule has 1 aliphatic carbocycles. The molecule has 0 spiro atoms. The van der Waals surface area contributed by atoms with Crippen molar-refractivity contribution in [3.63, 3.8) is 0 Å². The maximum atomic E-state index is 12.5. The number of hydrogen-bond acceptors (Lipinski definition) is 4. The molecule has 5 heteroatoms. The summed E-state index contributed by atoms with van der Waals surface area (Å²) in [5.74, 6) is 1.39. The fourth-order valence-corrected chi connectivity index (χ4v) is 4.09. The molecule has 1 amide bonds. The Kier molecular flexibility index (Phi) is 4.36. The molecule has 2 fully saturated rings. The van der Waals surface area contributed by atoms with Crippen LogP contribution in [0.25, 0.3) is 0 Å². The first-order valence-corrected chi connectivity index (χ1v) is 8.78. The van der Waals surface area contributed by atoms with E-state index in [4.69, 9.17) is 4.74 Å². The summed E-state index contributed by atoms with van der Waals surface area (Å²) in [5.41, 5.74) is 0.776. The van der Waals surface area contributed by atoms with Gasteiger partial charge in [0.2, 0.25) is 5.91 Å². The van der Waals surface area contributed by atoms with Gasteiger partial charge in [-0.15, -0.1) is 0 Å². The molecule has 1 heterocycles. The Morgan fingerprint density at radius 3 is 2.87 bits per heavy atom. The van der Waals surface area contributed by atoms with E-state index >= 15 is 0 Å². The minimum Gasteiger partial charge on any atom is -0.491 e. The average molecular weight is 334 g/mol. The number of piperidine rings is 1. The number of amides is 1. The van der Waals surface area contributed by atoms with Gasteiger partial charge in [-0.25, -0.2) is 0 Å². The number of carbonyl (C=O) groups excluding carboxylic acids is 1. The molecule has 1 aliphatic heterocycles. The van der Waals surface area contributed by atoms with Gasteiger partial charge in [0.1, 0.15) is 12.4 Å². The van der Waals surface area contributed by atoms with Crippen LogP contribution < -0.4 is 15.4 Å². The standard InChI is InChI=1S/C18H26N2O2S/c1-4-12-7-5-6-8-14(12)22-11-17(2,3)20-16(21)15-13-9-19-10-18(13,15)23/h5-8,13,15,19,23H,4,9-11H2,1-3H3,(H,20,21). The van der Waals surface area contributed by atoms with Gasteiger partial charge in [0.15, 0.2) is 0 Å². The van der Waals surface area contributed by atoms with Crippen LogP contribution >= 0.6 is 12.6 Å². The molecule has 1 saturated heterocycles. The van der Waals surface area contributed by atoms with Crippen molar-refractivity contribution in [3.05, 3.63) is 29.8 Å². The molecule has 3 unspecified atom stereocenters. The maximum absolute atomic E-state index is 12.5. The largest absolute Gasteiger partial charge is 0.491 e. The Labute approximate surface area is 143 Å². The van der Waals surface area contributed by atoms with E-state index in [1.165, 1.54) is 5.56 Å². The molecule has 1 aromatic carbocycles. The summed E-state index contributed by atoms with van der Waals surface area (Å²) >= 11 is 4.69. The quantitative estimate of drug-likeness (QED) is 0.698. The SMILES string of the molecule is CCc1ccccc1OCC(C)(C)NC(=O)C1C2CNCC21S. The molecule has 0 aromatic heterocycles. The lowest BCUT2D eigenvalue weighted by Gasteiger charge is -2.27. The molecular formula is C18H26N2O2S. The molecule has 2 aliphatic rings. The van der Waals surface area contributed by atoms with E-state index in [1.54, 1.807) is 0 Å². The number of nitrogens with one attached hydrogen (secondary N) is 2. The minimum atomic E-state index is -0.410. The van der Waals surface area contributed by atoms with E-state index in [9.17, 15) is 4.79 Å².